The third kappa shape index (κ3) is 1.79. The van der Waals surface area contributed by atoms with Crippen molar-refractivity contribution in [3.63, 3.8) is 0 Å². The van der Waals surface area contributed by atoms with Crippen LogP contribution in [0.4, 0.5) is 14.6 Å². The summed E-state index contributed by atoms with van der Waals surface area (Å²) < 4.78 is 24.8. The van der Waals surface area contributed by atoms with Crippen molar-refractivity contribution < 1.29 is 13.7 Å². The predicted octanol–water partition coefficient (Wildman–Crippen LogP) is 2.89. The second-order valence-corrected chi connectivity index (χ2v) is 2.93. The molecule has 1 heterocycles. The molecule has 1 rings (SSSR count). The van der Waals surface area contributed by atoms with Gasteiger partial charge in [-0.2, -0.15) is 0 Å². The van der Waals surface area contributed by atoms with Gasteiger partial charge in [0.25, 0.3) is 6.43 Å². The Morgan fingerprint density at radius 3 is 2.64 bits per heavy atom. The van der Waals surface area contributed by atoms with Crippen LogP contribution in [-0.2, 0) is 0 Å². The highest BCUT2D eigenvalue weighted by Crippen LogP contribution is 2.32. The fourth-order valence-electron chi connectivity index (χ4n) is 1.04. The zero-order chi connectivity index (χ0) is 10.9. The Labute approximate surface area is 82.7 Å². The number of aromatic nitrogens is 1. The van der Waals surface area contributed by atoms with Crippen molar-refractivity contribution in [1.29, 1.82) is 0 Å². The number of nitrogens with zero attached hydrogens (tertiary/aromatic N) is 2. The molecule has 76 valence electrons. The van der Waals surface area contributed by atoms with E-state index in [0.717, 1.165) is 6.20 Å². The zero-order valence-electron chi connectivity index (χ0n) is 7.00. The van der Waals surface area contributed by atoms with Crippen LogP contribution in [0.5, 0.6) is 0 Å². The molecule has 0 amide bonds. The van der Waals surface area contributed by atoms with E-state index in [1.54, 1.807) is 0 Å². The smallest absolute Gasteiger partial charge is 0.358 e. The second-order valence-electron chi connectivity index (χ2n) is 2.53. The summed E-state index contributed by atoms with van der Waals surface area (Å²) in [5.74, 6) is -0.593. The maximum atomic E-state index is 12.4. The molecule has 0 bridgehead atoms. The normalized spacial score (nSPS) is 10.6. The minimum Gasteiger partial charge on any atom is -0.358 e. The zero-order valence-corrected chi connectivity index (χ0v) is 7.76. The van der Waals surface area contributed by atoms with Crippen LogP contribution in [0.1, 0.15) is 17.6 Å². The van der Waals surface area contributed by atoms with Gasteiger partial charge in [0.2, 0.25) is 0 Å². The van der Waals surface area contributed by atoms with Crippen LogP contribution in [0.3, 0.4) is 0 Å². The Kier molecular flexibility index (Phi) is 2.95. The average molecular weight is 223 g/mol. The van der Waals surface area contributed by atoms with Crippen LogP contribution in [0.2, 0.25) is 5.02 Å². The van der Waals surface area contributed by atoms with E-state index in [0.29, 0.717) is 0 Å². The summed E-state index contributed by atoms with van der Waals surface area (Å²) in [5.41, 5.74) is -0.731. The van der Waals surface area contributed by atoms with Crippen molar-refractivity contribution in [2.75, 3.05) is 0 Å². The second kappa shape index (κ2) is 3.83. The van der Waals surface area contributed by atoms with Crippen molar-refractivity contribution in [1.82, 2.24) is 4.98 Å². The molecule has 0 unspecified atom stereocenters. The first-order valence-electron chi connectivity index (χ1n) is 3.52. The molecule has 0 aliphatic carbocycles. The van der Waals surface area contributed by atoms with Gasteiger partial charge in [-0.3, -0.25) is 0 Å². The van der Waals surface area contributed by atoms with Crippen molar-refractivity contribution in [3.05, 3.63) is 32.5 Å². The summed E-state index contributed by atoms with van der Waals surface area (Å²) in [6.45, 7) is 1.19. The lowest BCUT2D eigenvalue weighted by Gasteiger charge is -2.05. The Balaban J connectivity index is 3.41. The van der Waals surface area contributed by atoms with Crippen molar-refractivity contribution in [2.45, 2.75) is 13.3 Å². The lowest BCUT2D eigenvalue weighted by molar-refractivity contribution is -0.390. The molecule has 14 heavy (non-hydrogen) atoms. The molecule has 0 fully saturated rings. The number of alkyl halides is 2. The fourth-order valence-corrected chi connectivity index (χ4v) is 1.31. The molecule has 0 N–H and O–H groups in total. The highest BCUT2D eigenvalue weighted by Gasteiger charge is 2.24. The lowest BCUT2D eigenvalue weighted by atomic mass is 10.1. The monoisotopic (exact) mass is 222 g/mol. The highest BCUT2D eigenvalue weighted by atomic mass is 35.5. The quantitative estimate of drug-likeness (QED) is 0.571. The van der Waals surface area contributed by atoms with Crippen LogP contribution in [-0.4, -0.2) is 9.91 Å². The van der Waals surface area contributed by atoms with Crippen LogP contribution in [0.25, 0.3) is 0 Å². The third-order valence-corrected chi connectivity index (χ3v) is 1.99. The maximum absolute atomic E-state index is 12.4. The van der Waals surface area contributed by atoms with Crippen molar-refractivity contribution in [2.24, 2.45) is 0 Å². The molecule has 0 aliphatic heterocycles. The molecule has 7 heteroatoms. The standard InChI is InChI=1S/C7H5ClF2N2O2/c1-3-5(6(9)10)4(8)2-11-7(3)12(13)14/h2,6H,1H3. The Morgan fingerprint density at radius 2 is 2.21 bits per heavy atom. The summed E-state index contributed by atoms with van der Waals surface area (Å²) >= 11 is 5.44. The van der Waals surface area contributed by atoms with E-state index in [1.807, 2.05) is 0 Å². The Bertz CT molecular complexity index is 384. The summed E-state index contributed by atoms with van der Waals surface area (Å²) in [6.07, 6.45) is -1.99. The highest BCUT2D eigenvalue weighted by molar-refractivity contribution is 6.31. The van der Waals surface area contributed by atoms with Gasteiger partial charge in [0.05, 0.1) is 16.1 Å². The number of halogens is 3. The Hall–Kier alpha value is -1.30. The van der Waals surface area contributed by atoms with E-state index in [4.69, 9.17) is 11.6 Å². The minimum atomic E-state index is -2.84. The molecular weight excluding hydrogens is 218 g/mol. The molecule has 1 aromatic heterocycles. The molecule has 1 aromatic rings. The molecule has 0 saturated heterocycles. The van der Waals surface area contributed by atoms with Gasteiger partial charge in [-0.15, -0.1) is 0 Å². The molecular formula is C7H5ClF2N2O2. The van der Waals surface area contributed by atoms with Gasteiger partial charge < -0.3 is 10.1 Å². The van der Waals surface area contributed by atoms with E-state index in [2.05, 4.69) is 4.98 Å². The molecule has 0 radical (unpaired) electrons. The number of pyridine rings is 1. The largest absolute Gasteiger partial charge is 0.366 e. The molecule has 0 aliphatic rings. The van der Waals surface area contributed by atoms with E-state index in [9.17, 15) is 18.9 Å². The van der Waals surface area contributed by atoms with Gasteiger partial charge in [0, 0.05) is 0 Å². The van der Waals surface area contributed by atoms with E-state index in [-0.39, 0.29) is 10.6 Å². The van der Waals surface area contributed by atoms with Crippen molar-refractivity contribution in [3.8, 4) is 0 Å². The first-order valence-corrected chi connectivity index (χ1v) is 3.90. The summed E-state index contributed by atoms with van der Waals surface area (Å²) in [4.78, 5) is 12.9. The first kappa shape index (κ1) is 10.8. The average Bonchev–Trinajstić information content (AvgIpc) is 2.02. The maximum Gasteiger partial charge on any atom is 0.366 e. The first-order chi connectivity index (χ1) is 6.45. The van der Waals surface area contributed by atoms with E-state index >= 15 is 0 Å². The van der Waals surface area contributed by atoms with Crippen molar-refractivity contribution >= 4 is 17.4 Å². The van der Waals surface area contributed by atoms with Gasteiger partial charge >= 0.3 is 5.82 Å². The minimum absolute atomic E-state index is 0.197. The van der Waals surface area contributed by atoms with Crippen LogP contribution in [0.15, 0.2) is 6.20 Å². The summed E-state index contributed by atoms with van der Waals surface area (Å²) in [6, 6.07) is 0. The number of rotatable bonds is 2. The Morgan fingerprint density at radius 1 is 1.64 bits per heavy atom. The third-order valence-electron chi connectivity index (χ3n) is 1.69. The SMILES string of the molecule is Cc1c([N+](=O)[O-])ncc(Cl)c1C(F)F. The van der Waals surface area contributed by atoms with Gasteiger partial charge in [0.15, 0.2) is 6.20 Å². The van der Waals surface area contributed by atoms with Crippen LogP contribution < -0.4 is 0 Å². The van der Waals surface area contributed by atoms with Crippen LogP contribution >= 0.6 is 11.6 Å². The van der Waals surface area contributed by atoms with E-state index in [1.165, 1.54) is 6.92 Å². The van der Waals surface area contributed by atoms with Gasteiger partial charge in [-0.25, -0.2) is 8.78 Å². The molecule has 0 aromatic carbocycles. The molecule has 0 atom stereocenters. The predicted molar refractivity (Wildman–Crippen MR) is 45.6 cm³/mol. The molecule has 0 saturated carbocycles. The lowest BCUT2D eigenvalue weighted by Crippen LogP contribution is -2.00. The summed E-state index contributed by atoms with van der Waals surface area (Å²) in [7, 11) is 0. The van der Waals surface area contributed by atoms with E-state index < -0.39 is 22.7 Å². The van der Waals surface area contributed by atoms with Gasteiger partial charge in [0.1, 0.15) is 0 Å². The number of hydrogen-bond donors (Lipinski definition) is 0. The van der Waals surface area contributed by atoms with Crippen LogP contribution in [0, 0.1) is 17.0 Å². The molecule has 4 nitrogen and oxygen atoms in total. The topological polar surface area (TPSA) is 56.0 Å². The van der Waals surface area contributed by atoms with Gasteiger partial charge in [-0.1, -0.05) is 11.6 Å². The fraction of sp³-hybridized carbons (Fsp3) is 0.286. The van der Waals surface area contributed by atoms with Gasteiger partial charge in [-0.05, 0) is 16.8 Å². The number of nitro groups is 1. The number of hydrogen-bond acceptors (Lipinski definition) is 3. The summed E-state index contributed by atoms with van der Waals surface area (Å²) in [5, 5.41) is 10.1. The molecule has 0 spiro atoms.